The fourth-order valence-electron chi connectivity index (χ4n) is 2.21. The van der Waals surface area contributed by atoms with Crippen molar-refractivity contribution in [2.45, 2.75) is 6.42 Å². The van der Waals surface area contributed by atoms with Gasteiger partial charge in [-0.25, -0.2) is 4.98 Å². The first-order valence-corrected chi connectivity index (χ1v) is 7.79. The number of fused-ring (bicyclic) bond motifs is 1. The number of anilines is 1. The Hall–Kier alpha value is -0.650. The smallest absolute Gasteiger partial charge is 0.227 e. The summed E-state index contributed by atoms with van der Waals surface area (Å²) in [5.74, 6) is 0.927. The van der Waals surface area contributed by atoms with Gasteiger partial charge in [0.25, 0.3) is 0 Å². The van der Waals surface area contributed by atoms with E-state index in [0.29, 0.717) is 18.8 Å². The number of thiazole rings is 1. The molecule has 1 unspecified atom stereocenters. The SMILES string of the molecule is O=C1CC(CCl)CN1c1ccc2ncsc2c1Br. The molecule has 1 fully saturated rings. The number of benzene rings is 1. The summed E-state index contributed by atoms with van der Waals surface area (Å²) in [6, 6.07) is 3.90. The van der Waals surface area contributed by atoms with Gasteiger partial charge in [-0.3, -0.25) is 4.79 Å². The quantitative estimate of drug-likeness (QED) is 0.778. The molecule has 3 nitrogen and oxygen atoms in total. The van der Waals surface area contributed by atoms with Crippen molar-refractivity contribution in [1.29, 1.82) is 0 Å². The van der Waals surface area contributed by atoms with Crippen LogP contribution >= 0.6 is 38.9 Å². The number of rotatable bonds is 2. The van der Waals surface area contributed by atoms with Crippen LogP contribution in [0, 0.1) is 5.92 Å². The molecule has 0 aliphatic carbocycles. The largest absolute Gasteiger partial charge is 0.311 e. The molecule has 0 saturated carbocycles. The van der Waals surface area contributed by atoms with Crippen molar-refractivity contribution in [2.75, 3.05) is 17.3 Å². The molecule has 1 aromatic heterocycles. The number of hydrogen-bond donors (Lipinski definition) is 0. The van der Waals surface area contributed by atoms with Gasteiger partial charge in [-0.05, 0) is 34.0 Å². The van der Waals surface area contributed by atoms with E-state index in [-0.39, 0.29) is 11.8 Å². The molecule has 1 atom stereocenters. The summed E-state index contributed by atoms with van der Waals surface area (Å²) in [6.45, 7) is 0.700. The number of aromatic nitrogens is 1. The maximum atomic E-state index is 12.0. The standard InChI is InChI=1S/C12H10BrClN2OS/c13-11-9(2-1-8-12(11)18-6-15-8)16-5-7(4-14)3-10(16)17/h1-2,6-7H,3-5H2. The zero-order valence-corrected chi connectivity index (χ0v) is 12.6. The molecule has 1 amide bonds. The first-order valence-electron chi connectivity index (χ1n) is 5.58. The first kappa shape index (κ1) is 12.4. The van der Waals surface area contributed by atoms with Crippen LogP contribution in [0.25, 0.3) is 10.2 Å². The normalized spacial score (nSPS) is 20.0. The Morgan fingerprint density at radius 1 is 1.56 bits per heavy atom. The topological polar surface area (TPSA) is 33.2 Å². The zero-order chi connectivity index (χ0) is 12.7. The highest BCUT2D eigenvalue weighted by Gasteiger charge is 2.31. The summed E-state index contributed by atoms with van der Waals surface area (Å²) in [5, 5.41) is 0. The number of halogens is 2. The van der Waals surface area contributed by atoms with Gasteiger partial charge in [-0.1, -0.05) is 0 Å². The first-order chi connectivity index (χ1) is 8.70. The summed E-state index contributed by atoms with van der Waals surface area (Å²) >= 11 is 11.0. The third-order valence-electron chi connectivity index (χ3n) is 3.13. The molecule has 2 aromatic rings. The van der Waals surface area contributed by atoms with Crippen LogP contribution < -0.4 is 4.90 Å². The van der Waals surface area contributed by atoms with E-state index in [1.54, 1.807) is 11.3 Å². The second-order valence-corrected chi connectivity index (χ2v) is 6.28. The summed E-state index contributed by atoms with van der Waals surface area (Å²) in [6.07, 6.45) is 0.538. The van der Waals surface area contributed by atoms with Gasteiger partial charge >= 0.3 is 0 Å². The lowest BCUT2D eigenvalue weighted by Crippen LogP contribution is -2.25. The van der Waals surface area contributed by atoms with E-state index in [9.17, 15) is 4.79 Å². The fourth-order valence-corrected chi connectivity index (χ4v) is 3.97. The van der Waals surface area contributed by atoms with Crippen LogP contribution in [-0.2, 0) is 4.79 Å². The molecule has 94 valence electrons. The highest BCUT2D eigenvalue weighted by molar-refractivity contribution is 9.10. The molecule has 1 saturated heterocycles. The molecule has 1 aromatic carbocycles. The Balaban J connectivity index is 2.04. The molecule has 0 spiro atoms. The summed E-state index contributed by atoms with van der Waals surface area (Å²) in [4.78, 5) is 18.1. The van der Waals surface area contributed by atoms with E-state index < -0.39 is 0 Å². The molecule has 18 heavy (non-hydrogen) atoms. The van der Waals surface area contributed by atoms with Crippen LogP contribution in [0.3, 0.4) is 0 Å². The lowest BCUT2D eigenvalue weighted by Gasteiger charge is -2.18. The van der Waals surface area contributed by atoms with Crippen molar-refractivity contribution >= 4 is 60.7 Å². The molecular formula is C12H10BrClN2OS. The van der Waals surface area contributed by atoms with Gasteiger partial charge in [0.15, 0.2) is 0 Å². The predicted octanol–water partition coefficient (Wildman–Crippen LogP) is 3.65. The Kier molecular flexibility index (Phi) is 3.30. The fraction of sp³-hybridized carbons (Fsp3) is 0.333. The summed E-state index contributed by atoms with van der Waals surface area (Å²) in [5.41, 5.74) is 3.69. The molecule has 6 heteroatoms. The van der Waals surface area contributed by atoms with E-state index in [1.165, 1.54) is 0 Å². The van der Waals surface area contributed by atoms with Gasteiger partial charge in [-0.15, -0.1) is 22.9 Å². The zero-order valence-electron chi connectivity index (χ0n) is 9.40. The lowest BCUT2D eigenvalue weighted by atomic mass is 10.1. The molecule has 3 rings (SSSR count). The third kappa shape index (κ3) is 1.94. The molecule has 0 bridgehead atoms. The Morgan fingerprint density at radius 3 is 3.11 bits per heavy atom. The van der Waals surface area contributed by atoms with Crippen LogP contribution in [0.5, 0.6) is 0 Å². The Morgan fingerprint density at radius 2 is 2.39 bits per heavy atom. The highest BCUT2D eigenvalue weighted by atomic mass is 79.9. The van der Waals surface area contributed by atoms with Crippen molar-refractivity contribution in [3.63, 3.8) is 0 Å². The average Bonchev–Trinajstić information content (AvgIpc) is 2.96. The number of carbonyl (C=O) groups excluding carboxylic acids is 1. The van der Waals surface area contributed by atoms with E-state index >= 15 is 0 Å². The maximum Gasteiger partial charge on any atom is 0.227 e. The molecule has 1 aliphatic heterocycles. The second-order valence-electron chi connectivity index (χ2n) is 4.33. The Bertz CT molecular complexity index is 615. The maximum absolute atomic E-state index is 12.0. The van der Waals surface area contributed by atoms with Gasteiger partial charge in [-0.2, -0.15) is 0 Å². The third-order valence-corrected chi connectivity index (χ3v) is 5.49. The Labute approximate surface area is 122 Å². The number of carbonyl (C=O) groups is 1. The van der Waals surface area contributed by atoms with Crippen molar-refractivity contribution in [3.8, 4) is 0 Å². The van der Waals surface area contributed by atoms with Gasteiger partial charge in [0.05, 0.1) is 25.9 Å². The summed E-state index contributed by atoms with van der Waals surface area (Å²) < 4.78 is 2.03. The van der Waals surface area contributed by atoms with Gasteiger partial charge in [0.1, 0.15) is 0 Å². The van der Waals surface area contributed by atoms with Crippen LogP contribution in [0.15, 0.2) is 22.1 Å². The lowest BCUT2D eigenvalue weighted by molar-refractivity contribution is -0.117. The number of amides is 1. The summed E-state index contributed by atoms with van der Waals surface area (Å²) in [7, 11) is 0. The van der Waals surface area contributed by atoms with Gasteiger partial charge < -0.3 is 4.90 Å². The van der Waals surface area contributed by atoms with E-state index in [1.807, 2.05) is 22.5 Å². The van der Waals surface area contributed by atoms with Crippen molar-refractivity contribution < 1.29 is 4.79 Å². The highest BCUT2D eigenvalue weighted by Crippen LogP contribution is 2.38. The number of hydrogen-bond acceptors (Lipinski definition) is 3. The van der Waals surface area contributed by atoms with Crippen molar-refractivity contribution in [3.05, 3.63) is 22.1 Å². The molecular weight excluding hydrogens is 336 g/mol. The van der Waals surface area contributed by atoms with Crippen LogP contribution in [-0.4, -0.2) is 23.3 Å². The molecule has 2 heterocycles. The van der Waals surface area contributed by atoms with E-state index in [4.69, 9.17) is 11.6 Å². The monoisotopic (exact) mass is 344 g/mol. The molecule has 0 N–H and O–H groups in total. The van der Waals surface area contributed by atoms with Crippen molar-refractivity contribution in [2.24, 2.45) is 5.92 Å². The van der Waals surface area contributed by atoms with E-state index in [2.05, 4.69) is 20.9 Å². The van der Waals surface area contributed by atoms with E-state index in [0.717, 1.165) is 20.4 Å². The predicted molar refractivity (Wildman–Crippen MR) is 78.5 cm³/mol. The van der Waals surface area contributed by atoms with Crippen LogP contribution in [0.1, 0.15) is 6.42 Å². The van der Waals surface area contributed by atoms with Crippen molar-refractivity contribution in [1.82, 2.24) is 4.98 Å². The number of alkyl halides is 1. The van der Waals surface area contributed by atoms with Crippen LogP contribution in [0.4, 0.5) is 5.69 Å². The van der Waals surface area contributed by atoms with Gasteiger partial charge in [0.2, 0.25) is 5.91 Å². The minimum absolute atomic E-state index is 0.144. The second kappa shape index (κ2) is 4.79. The minimum atomic E-state index is 0.144. The average molecular weight is 346 g/mol. The number of nitrogens with zero attached hydrogens (tertiary/aromatic N) is 2. The minimum Gasteiger partial charge on any atom is -0.311 e. The van der Waals surface area contributed by atoms with Gasteiger partial charge in [0, 0.05) is 18.8 Å². The molecule has 0 radical (unpaired) electrons. The van der Waals surface area contributed by atoms with Crippen LogP contribution in [0.2, 0.25) is 0 Å². The molecule has 1 aliphatic rings.